The second-order valence-corrected chi connectivity index (χ2v) is 4.74. The Morgan fingerprint density at radius 3 is 2.33 bits per heavy atom. The Labute approximate surface area is 74.7 Å². The molecule has 0 spiro atoms. The van der Waals surface area contributed by atoms with Crippen molar-refractivity contribution in [3.8, 4) is 0 Å². The van der Waals surface area contributed by atoms with Gasteiger partial charge in [-0.3, -0.25) is 0 Å². The molecule has 0 amide bonds. The minimum Gasteiger partial charge on any atom is -0.0991 e. The predicted octanol–water partition coefficient (Wildman–Crippen LogP) is 3.48. The van der Waals surface area contributed by atoms with Crippen molar-refractivity contribution in [1.29, 1.82) is 0 Å². The second kappa shape index (κ2) is 2.12. The lowest BCUT2D eigenvalue weighted by Gasteiger charge is -2.70. The minimum absolute atomic E-state index is 0.508. The fourth-order valence-corrected chi connectivity index (χ4v) is 3.00. The van der Waals surface area contributed by atoms with Gasteiger partial charge in [-0.25, -0.2) is 0 Å². The summed E-state index contributed by atoms with van der Waals surface area (Å²) in [6.45, 7) is 10.2. The van der Waals surface area contributed by atoms with Crippen LogP contribution in [0.5, 0.6) is 0 Å². The molecule has 3 rings (SSSR count). The molecule has 3 aliphatic carbocycles. The third-order valence-corrected chi connectivity index (χ3v) is 3.41. The topological polar surface area (TPSA) is 0 Å². The standard InChI is InChI=1S/C12H16/c1-4-5-6-10(2)12-7-11(3,8-12)9-12/h4-6H,1-2,7-9H2,3H3/b6-5-. The second-order valence-electron chi connectivity index (χ2n) is 4.74. The lowest BCUT2D eigenvalue weighted by Crippen LogP contribution is -2.60. The first-order valence-corrected chi connectivity index (χ1v) is 4.59. The molecule has 3 fully saturated rings. The first-order valence-electron chi connectivity index (χ1n) is 4.59. The van der Waals surface area contributed by atoms with Crippen molar-refractivity contribution in [1.82, 2.24) is 0 Å². The monoisotopic (exact) mass is 160 g/mol. The number of allylic oxidation sites excluding steroid dienone is 4. The maximum absolute atomic E-state index is 4.12. The smallest absolute Gasteiger partial charge is 0.00373 e. The Kier molecular flexibility index (Phi) is 1.39. The molecule has 0 heterocycles. The molecule has 64 valence electrons. The number of rotatable bonds is 3. The van der Waals surface area contributed by atoms with Gasteiger partial charge < -0.3 is 0 Å². The molecule has 12 heavy (non-hydrogen) atoms. The molecule has 0 radical (unpaired) electrons. The summed E-state index contributed by atoms with van der Waals surface area (Å²) in [5, 5.41) is 0. The summed E-state index contributed by atoms with van der Waals surface area (Å²) in [5.41, 5.74) is 2.50. The Morgan fingerprint density at radius 1 is 1.33 bits per heavy atom. The molecule has 0 aromatic heterocycles. The van der Waals surface area contributed by atoms with Gasteiger partial charge in [0.25, 0.3) is 0 Å². The maximum Gasteiger partial charge on any atom is -0.00373 e. The van der Waals surface area contributed by atoms with Crippen molar-refractivity contribution in [2.75, 3.05) is 0 Å². The van der Waals surface area contributed by atoms with E-state index in [0.29, 0.717) is 10.8 Å². The van der Waals surface area contributed by atoms with Crippen LogP contribution >= 0.6 is 0 Å². The number of hydrogen-bond donors (Lipinski definition) is 0. The summed E-state index contributed by atoms with van der Waals surface area (Å²) in [6, 6.07) is 0. The van der Waals surface area contributed by atoms with E-state index in [1.807, 2.05) is 12.2 Å². The van der Waals surface area contributed by atoms with E-state index in [1.54, 1.807) is 0 Å². The van der Waals surface area contributed by atoms with Gasteiger partial charge in [-0.05, 0) is 35.7 Å². The summed E-state index contributed by atoms with van der Waals surface area (Å²) in [7, 11) is 0. The van der Waals surface area contributed by atoms with Crippen LogP contribution in [0.15, 0.2) is 37.0 Å². The van der Waals surface area contributed by atoms with Crippen LogP contribution in [0.3, 0.4) is 0 Å². The molecule has 0 aliphatic heterocycles. The minimum atomic E-state index is 0.508. The van der Waals surface area contributed by atoms with Crippen LogP contribution in [-0.4, -0.2) is 0 Å². The average molecular weight is 160 g/mol. The lowest BCUT2D eigenvalue weighted by atomic mass is 9.34. The first-order chi connectivity index (χ1) is 5.60. The zero-order chi connectivity index (χ0) is 8.82. The van der Waals surface area contributed by atoms with Gasteiger partial charge >= 0.3 is 0 Å². The van der Waals surface area contributed by atoms with Crippen LogP contribution in [0.25, 0.3) is 0 Å². The van der Waals surface area contributed by atoms with E-state index in [-0.39, 0.29) is 0 Å². The molecule has 2 bridgehead atoms. The number of hydrogen-bond acceptors (Lipinski definition) is 0. The van der Waals surface area contributed by atoms with E-state index in [2.05, 4.69) is 26.2 Å². The van der Waals surface area contributed by atoms with E-state index in [9.17, 15) is 0 Å². The molecule has 0 unspecified atom stereocenters. The summed E-state index contributed by atoms with van der Waals surface area (Å²) >= 11 is 0. The Bertz CT molecular complexity index is 248. The van der Waals surface area contributed by atoms with Crippen molar-refractivity contribution in [2.45, 2.75) is 26.2 Å². The van der Waals surface area contributed by atoms with Crippen LogP contribution in [0.4, 0.5) is 0 Å². The van der Waals surface area contributed by atoms with Crippen molar-refractivity contribution in [3.05, 3.63) is 37.0 Å². The van der Waals surface area contributed by atoms with Gasteiger partial charge in [0.2, 0.25) is 0 Å². The van der Waals surface area contributed by atoms with Crippen LogP contribution in [0, 0.1) is 10.8 Å². The van der Waals surface area contributed by atoms with Gasteiger partial charge in [-0.15, -0.1) is 0 Å². The highest BCUT2D eigenvalue weighted by atomic mass is 14.7. The molecule has 0 atom stereocenters. The fraction of sp³-hybridized carbons (Fsp3) is 0.500. The molecule has 0 aromatic rings. The Morgan fingerprint density at radius 2 is 1.92 bits per heavy atom. The van der Waals surface area contributed by atoms with Gasteiger partial charge in [0.1, 0.15) is 0 Å². The highest BCUT2D eigenvalue weighted by Gasteiger charge is 2.65. The molecule has 0 aromatic carbocycles. The average Bonchev–Trinajstić information content (AvgIpc) is 1.92. The zero-order valence-electron chi connectivity index (χ0n) is 7.77. The molecule has 0 saturated heterocycles. The summed E-state index contributed by atoms with van der Waals surface area (Å²) in [5.74, 6) is 0. The molecule has 0 nitrogen and oxygen atoms in total. The van der Waals surface area contributed by atoms with Gasteiger partial charge in [0, 0.05) is 0 Å². The largest absolute Gasteiger partial charge is 0.0991 e. The van der Waals surface area contributed by atoms with Crippen LogP contribution < -0.4 is 0 Å². The normalized spacial score (nSPS) is 43.4. The van der Waals surface area contributed by atoms with Crippen LogP contribution in [-0.2, 0) is 0 Å². The molecule has 3 aliphatic rings. The summed E-state index contributed by atoms with van der Waals surface area (Å²) in [4.78, 5) is 0. The summed E-state index contributed by atoms with van der Waals surface area (Å²) < 4.78 is 0. The fourth-order valence-electron chi connectivity index (χ4n) is 3.00. The Balaban J connectivity index is 2.00. The molecule has 0 N–H and O–H groups in total. The van der Waals surface area contributed by atoms with E-state index in [0.717, 1.165) is 0 Å². The van der Waals surface area contributed by atoms with Crippen molar-refractivity contribution in [3.63, 3.8) is 0 Å². The van der Waals surface area contributed by atoms with Crippen molar-refractivity contribution < 1.29 is 0 Å². The van der Waals surface area contributed by atoms with Gasteiger partial charge in [0.15, 0.2) is 0 Å². The third-order valence-electron chi connectivity index (χ3n) is 3.41. The molecular weight excluding hydrogens is 144 g/mol. The van der Waals surface area contributed by atoms with E-state index >= 15 is 0 Å². The molecular formula is C12H16. The lowest BCUT2D eigenvalue weighted by molar-refractivity contribution is -0.159. The van der Waals surface area contributed by atoms with E-state index in [4.69, 9.17) is 0 Å². The van der Waals surface area contributed by atoms with Gasteiger partial charge in [-0.2, -0.15) is 0 Å². The summed E-state index contributed by atoms with van der Waals surface area (Å²) in [6.07, 6.45) is 10.0. The van der Waals surface area contributed by atoms with Gasteiger partial charge in [-0.1, -0.05) is 38.3 Å². The van der Waals surface area contributed by atoms with E-state index < -0.39 is 0 Å². The Hall–Kier alpha value is -0.780. The van der Waals surface area contributed by atoms with E-state index in [1.165, 1.54) is 24.8 Å². The quantitative estimate of drug-likeness (QED) is 0.554. The highest BCUT2D eigenvalue weighted by Crippen LogP contribution is 2.75. The van der Waals surface area contributed by atoms with Crippen LogP contribution in [0.2, 0.25) is 0 Å². The third kappa shape index (κ3) is 0.841. The zero-order valence-corrected chi connectivity index (χ0v) is 7.77. The SMILES string of the molecule is C=C/C=C\C(=C)C12CC(C)(C1)C2. The first kappa shape index (κ1) is 7.85. The highest BCUT2D eigenvalue weighted by molar-refractivity contribution is 5.36. The molecule has 0 heteroatoms. The maximum atomic E-state index is 4.12. The van der Waals surface area contributed by atoms with Crippen molar-refractivity contribution >= 4 is 0 Å². The van der Waals surface area contributed by atoms with Gasteiger partial charge in [0.05, 0.1) is 0 Å². The van der Waals surface area contributed by atoms with Crippen molar-refractivity contribution in [2.24, 2.45) is 10.8 Å². The predicted molar refractivity (Wildman–Crippen MR) is 52.9 cm³/mol. The van der Waals surface area contributed by atoms with Crippen LogP contribution in [0.1, 0.15) is 26.2 Å². The molecule has 3 saturated carbocycles.